The molecule has 7 aliphatic heterocycles. The van der Waals surface area contributed by atoms with E-state index in [2.05, 4.69) is 41.5 Å². The Labute approximate surface area is 417 Å². The number of ether oxygens (including phenoxy) is 11. The third kappa shape index (κ3) is 11.2. The molecule has 0 unspecified atom stereocenters. The average molecular weight is 995 g/mol. The minimum Gasteiger partial charge on any atom is -0.481 e. The van der Waals surface area contributed by atoms with Crippen LogP contribution in [0.4, 0.5) is 0 Å². The van der Waals surface area contributed by atoms with Gasteiger partial charge in [-0.3, -0.25) is 9.59 Å². The molecule has 7 fully saturated rings. The van der Waals surface area contributed by atoms with Gasteiger partial charge in [-0.25, -0.2) is 0 Å². The van der Waals surface area contributed by atoms with Crippen LogP contribution >= 0.6 is 0 Å². The zero-order chi connectivity index (χ0) is 51.2. The maximum absolute atomic E-state index is 13.6. The topological polar surface area (TPSA) is 196 Å². The van der Waals surface area contributed by atoms with E-state index in [0.717, 1.165) is 25.7 Å². The standard InChI is InChI=1S/C54H90O16/c1-28(23-29(2)47(56)30(3)24-31(4)50(57)58)41-26-42(64-45-19-16-39(60-13)37(10)62-45)35(8)53(66-41)22-21-51(12,70-53)44-18-15-32(5)54(68-44)33(6)25-43(67-54)49-34(7)48(36(9)52(59,27-55)69-49)65-46-20-17-40(61-14)38(11)63-46/h23,28,30-46,48-49,55,59H,15-22,24-27H2,1-14H3,(H,57,58)/b29-23+/t28-,30+,31+,32+,33+,34-,35-,36+,37-,38-,39+,40+,41-,42-,43+,44-,45+,46+,48-,49-,51-,52-,53-,54+/m0/s1. The molecule has 0 aromatic carbocycles. The predicted molar refractivity (Wildman–Crippen MR) is 257 cm³/mol. The molecule has 0 saturated carbocycles. The molecule has 0 amide bonds. The normalized spacial score (nSPS) is 48.4. The molecule has 7 heterocycles. The van der Waals surface area contributed by atoms with Crippen LogP contribution in [0.5, 0.6) is 0 Å². The summed E-state index contributed by atoms with van der Waals surface area (Å²) in [5, 5.41) is 32.0. The van der Waals surface area contributed by atoms with Crippen molar-refractivity contribution in [3.63, 3.8) is 0 Å². The van der Waals surface area contributed by atoms with Gasteiger partial charge in [0.1, 0.15) is 0 Å². The number of aliphatic hydroxyl groups excluding tert-OH is 1. The molecule has 2 spiro atoms. The maximum Gasteiger partial charge on any atom is 0.306 e. The molecular formula is C54H90O16. The molecule has 7 saturated heterocycles. The van der Waals surface area contributed by atoms with Gasteiger partial charge in [0.05, 0.1) is 79.2 Å². The fraction of sp³-hybridized carbons (Fsp3) is 0.926. The number of allylic oxidation sites excluding steroid dienone is 1. The number of carbonyl (C=O) groups excluding carboxylic acids is 1. The number of carboxylic acid groups (broad SMARTS) is 1. The molecule has 0 aromatic rings. The van der Waals surface area contributed by atoms with Crippen LogP contribution in [0.25, 0.3) is 0 Å². The summed E-state index contributed by atoms with van der Waals surface area (Å²) < 4.78 is 73.3. The van der Waals surface area contributed by atoms with Crippen LogP contribution < -0.4 is 0 Å². The highest BCUT2D eigenvalue weighted by atomic mass is 16.8. The second kappa shape index (κ2) is 22.3. The van der Waals surface area contributed by atoms with Gasteiger partial charge in [-0.15, -0.1) is 0 Å². The first kappa shape index (κ1) is 56.1. The quantitative estimate of drug-likeness (QED) is 0.127. The largest absolute Gasteiger partial charge is 0.481 e. The van der Waals surface area contributed by atoms with Crippen molar-refractivity contribution < 1.29 is 77.0 Å². The number of aliphatic carboxylic acids is 1. The molecule has 0 radical (unpaired) electrons. The molecule has 3 N–H and O–H groups in total. The van der Waals surface area contributed by atoms with Gasteiger partial charge in [0.2, 0.25) is 0 Å². The SMILES string of the molecule is CO[C@@H]1CC[C@@H](O[C@H]2C[C@@H]([C@@H](C)/C=C(\C)C(=O)[C@H](C)C[C@@H](C)C(=O)O)O[C@]3(CC[C@@](C)([C@@H]4CC[C@@H](C)[C@]5(O4)O[C@@H]([C@H]4O[C@@](O)(CO)[C@H](C)[C@@H](O[C@@H]6CC[C@@H](OC)[C@H](C)O6)[C@@H]4C)C[C@H]5C)O3)[C@H]2C)O[C@H]1C. The lowest BCUT2D eigenvalue weighted by Crippen LogP contribution is -2.63. The van der Waals surface area contributed by atoms with Gasteiger partial charge in [0, 0.05) is 81.3 Å². The lowest BCUT2D eigenvalue weighted by atomic mass is 9.77. The second-order valence-corrected chi connectivity index (χ2v) is 23.2. The van der Waals surface area contributed by atoms with Gasteiger partial charge in [-0.05, 0) is 78.2 Å². The zero-order valence-corrected chi connectivity index (χ0v) is 44.8. The summed E-state index contributed by atoms with van der Waals surface area (Å²) >= 11 is 0. The van der Waals surface area contributed by atoms with Gasteiger partial charge >= 0.3 is 5.97 Å². The van der Waals surface area contributed by atoms with Gasteiger partial charge < -0.3 is 67.4 Å². The van der Waals surface area contributed by atoms with E-state index in [1.165, 1.54) is 0 Å². The molecule has 24 atom stereocenters. The van der Waals surface area contributed by atoms with Crippen molar-refractivity contribution in [3.05, 3.63) is 11.6 Å². The highest BCUT2D eigenvalue weighted by molar-refractivity contribution is 5.96. The molecule has 7 rings (SSSR count). The van der Waals surface area contributed by atoms with E-state index in [9.17, 15) is 24.9 Å². The summed E-state index contributed by atoms with van der Waals surface area (Å²) in [6.07, 6.45) is 5.34. The first-order chi connectivity index (χ1) is 32.9. The monoisotopic (exact) mass is 995 g/mol. The Morgan fingerprint density at radius 1 is 0.743 bits per heavy atom. The lowest BCUT2D eigenvalue weighted by molar-refractivity contribution is -0.389. The average Bonchev–Trinajstić information content (AvgIpc) is 3.84. The third-order valence-electron chi connectivity index (χ3n) is 18.2. The Bertz CT molecular complexity index is 1820. The molecule has 16 nitrogen and oxygen atoms in total. The van der Waals surface area contributed by atoms with Crippen LogP contribution in [0.2, 0.25) is 0 Å². The number of hydrogen-bond donors (Lipinski definition) is 3. The van der Waals surface area contributed by atoms with Crippen molar-refractivity contribution in [2.45, 2.75) is 250 Å². The highest BCUT2D eigenvalue weighted by Gasteiger charge is 2.65. The number of aliphatic hydroxyl groups is 2. The summed E-state index contributed by atoms with van der Waals surface area (Å²) in [6.45, 7) is 23.2. The first-order valence-electron chi connectivity index (χ1n) is 26.8. The summed E-state index contributed by atoms with van der Waals surface area (Å²) in [6, 6.07) is 0. The van der Waals surface area contributed by atoms with Crippen molar-refractivity contribution in [3.8, 4) is 0 Å². The van der Waals surface area contributed by atoms with Gasteiger partial charge in [0.25, 0.3) is 0 Å². The molecule has 0 aliphatic carbocycles. The Balaban J connectivity index is 1.10. The minimum absolute atomic E-state index is 0.00713. The van der Waals surface area contributed by atoms with Crippen LogP contribution in [0.3, 0.4) is 0 Å². The minimum atomic E-state index is -1.86. The van der Waals surface area contributed by atoms with E-state index in [0.29, 0.717) is 44.1 Å². The lowest BCUT2D eigenvalue weighted by Gasteiger charge is -2.53. The zero-order valence-electron chi connectivity index (χ0n) is 44.8. The summed E-state index contributed by atoms with van der Waals surface area (Å²) in [7, 11) is 3.40. The Kier molecular flexibility index (Phi) is 17.9. The van der Waals surface area contributed by atoms with E-state index in [4.69, 9.17) is 52.1 Å². The molecule has 16 heteroatoms. The van der Waals surface area contributed by atoms with E-state index >= 15 is 0 Å². The number of carbonyl (C=O) groups is 2. The van der Waals surface area contributed by atoms with Crippen molar-refractivity contribution >= 4 is 11.8 Å². The highest BCUT2D eigenvalue weighted by Crippen LogP contribution is 2.57. The third-order valence-corrected chi connectivity index (χ3v) is 18.2. The van der Waals surface area contributed by atoms with Gasteiger partial charge in [-0.2, -0.15) is 0 Å². The fourth-order valence-electron chi connectivity index (χ4n) is 13.4. The van der Waals surface area contributed by atoms with Crippen LogP contribution in [-0.2, 0) is 61.7 Å². The number of hydrogen-bond acceptors (Lipinski definition) is 15. The van der Waals surface area contributed by atoms with Crippen LogP contribution in [0, 0.1) is 47.3 Å². The van der Waals surface area contributed by atoms with E-state index < -0.39 is 84.2 Å². The van der Waals surface area contributed by atoms with Crippen molar-refractivity contribution in [2.24, 2.45) is 47.3 Å². The second-order valence-electron chi connectivity index (χ2n) is 23.2. The van der Waals surface area contributed by atoms with Crippen LogP contribution in [0.15, 0.2) is 11.6 Å². The maximum atomic E-state index is 13.6. The number of carboxylic acids is 1. The van der Waals surface area contributed by atoms with E-state index in [1.54, 1.807) is 35.0 Å². The van der Waals surface area contributed by atoms with Crippen LogP contribution in [-0.4, -0.2) is 144 Å². The Hall–Kier alpha value is -1.64. The Morgan fingerprint density at radius 3 is 1.96 bits per heavy atom. The van der Waals surface area contributed by atoms with E-state index in [-0.39, 0.29) is 84.5 Å². The smallest absolute Gasteiger partial charge is 0.306 e. The molecule has 70 heavy (non-hydrogen) atoms. The number of rotatable bonds is 16. The van der Waals surface area contributed by atoms with Gasteiger partial charge in [-0.1, -0.05) is 61.5 Å². The molecule has 402 valence electrons. The summed E-state index contributed by atoms with van der Waals surface area (Å²) in [4.78, 5) is 25.2. The number of ketones is 1. The summed E-state index contributed by atoms with van der Waals surface area (Å²) in [5.74, 6) is -7.12. The van der Waals surface area contributed by atoms with Crippen LogP contribution in [0.1, 0.15) is 154 Å². The van der Waals surface area contributed by atoms with Crippen molar-refractivity contribution in [1.82, 2.24) is 0 Å². The van der Waals surface area contributed by atoms with Crippen molar-refractivity contribution in [1.29, 1.82) is 0 Å². The Morgan fingerprint density at radius 2 is 1.37 bits per heavy atom. The number of Topliss-reactive ketones (excluding diaryl/α,β-unsaturated/α-hetero) is 1. The number of methoxy groups -OCH3 is 2. The molecular weight excluding hydrogens is 905 g/mol. The summed E-state index contributed by atoms with van der Waals surface area (Å²) in [5.41, 5.74) is -0.186. The predicted octanol–water partition coefficient (Wildman–Crippen LogP) is 7.71. The van der Waals surface area contributed by atoms with E-state index in [1.807, 2.05) is 26.8 Å². The first-order valence-corrected chi connectivity index (χ1v) is 26.8. The molecule has 7 aliphatic rings. The van der Waals surface area contributed by atoms with Crippen molar-refractivity contribution in [2.75, 3.05) is 20.8 Å². The van der Waals surface area contributed by atoms with Gasteiger partial charge in [0.15, 0.2) is 35.7 Å². The molecule has 0 aromatic heterocycles. The fourth-order valence-corrected chi connectivity index (χ4v) is 13.4. The molecule has 0 bridgehead atoms.